The molecule has 0 aromatic heterocycles. The number of rotatable bonds is 3. The molecule has 2 saturated heterocycles. The first-order valence-corrected chi connectivity index (χ1v) is 13.5. The maximum absolute atomic E-state index is 13.9. The lowest BCUT2D eigenvalue weighted by Gasteiger charge is -2.43. The molecule has 3 aliphatic rings. The number of hydrogen-bond donors (Lipinski definition) is 0. The fourth-order valence-corrected chi connectivity index (χ4v) is 6.45. The Kier molecular flexibility index (Phi) is 6.63. The molecule has 2 amide bonds. The van der Waals surface area contributed by atoms with Crippen LogP contribution in [0.3, 0.4) is 0 Å². The smallest absolute Gasteiger partial charge is 0.255 e. The summed E-state index contributed by atoms with van der Waals surface area (Å²) in [5, 5.41) is 4.27. The average Bonchev–Trinajstić information content (AvgIpc) is 2.96. The van der Waals surface area contributed by atoms with Crippen molar-refractivity contribution in [2.24, 2.45) is 5.92 Å². The van der Waals surface area contributed by atoms with E-state index in [2.05, 4.69) is 35.2 Å². The molecular formula is C30H35N3O3. The van der Waals surface area contributed by atoms with Gasteiger partial charge in [-0.15, -0.1) is 0 Å². The zero-order valence-electron chi connectivity index (χ0n) is 20.9. The molecule has 188 valence electrons. The van der Waals surface area contributed by atoms with Crippen LogP contribution in [0.25, 0.3) is 21.5 Å². The Bertz CT molecular complexity index is 1210. The minimum atomic E-state index is 0.128. The lowest BCUT2D eigenvalue weighted by molar-refractivity contribution is -0.141. The van der Waals surface area contributed by atoms with Crippen LogP contribution in [0, 0.1) is 5.92 Å². The Morgan fingerprint density at radius 3 is 2.06 bits per heavy atom. The minimum absolute atomic E-state index is 0.128. The van der Waals surface area contributed by atoms with Gasteiger partial charge in [0.1, 0.15) is 0 Å². The molecule has 6 nitrogen and oxygen atoms in total. The summed E-state index contributed by atoms with van der Waals surface area (Å²) in [7, 11) is 0. The van der Waals surface area contributed by atoms with Gasteiger partial charge >= 0.3 is 0 Å². The Morgan fingerprint density at radius 2 is 1.39 bits per heavy atom. The Labute approximate surface area is 212 Å². The number of morpholine rings is 1. The Balaban J connectivity index is 1.15. The zero-order chi connectivity index (χ0) is 24.5. The van der Waals surface area contributed by atoms with Crippen LogP contribution in [0.15, 0.2) is 54.6 Å². The molecule has 3 aromatic carbocycles. The van der Waals surface area contributed by atoms with Gasteiger partial charge < -0.3 is 14.5 Å². The number of amides is 2. The van der Waals surface area contributed by atoms with Gasteiger partial charge in [-0.25, -0.2) is 0 Å². The normalized spacial score (nSPS) is 23.8. The van der Waals surface area contributed by atoms with Gasteiger partial charge in [0, 0.05) is 51.2 Å². The molecule has 3 aromatic rings. The largest absolute Gasteiger partial charge is 0.378 e. The van der Waals surface area contributed by atoms with Gasteiger partial charge in [0.2, 0.25) is 5.91 Å². The van der Waals surface area contributed by atoms with Gasteiger partial charge in [-0.3, -0.25) is 14.5 Å². The Morgan fingerprint density at radius 1 is 0.750 bits per heavy atom. The first-order valence-electron chi connectivity index (χ1n) is 13.5. The SMILES string of the molecule is O=C(c1c2ccccc2cc2ccccc12)N1CCN(C2CCCC(C(=O)N3CCOCC3)C2)CC1. The highest BCUT2D eigenvalue weighted by atomic mass is 16.5. The number of hydrogen-bond acceptors (Lipinski definition) is 4. The van der Waals surface area contributed by atoms with E-state index in [1.165, 1.54) is 0 Å². The molecule has 0 N–H and O–H groups in total. The summed E-state index contributed by atoms with van der Waals surface area (Å²) in [5.41, 5.74) is 0.825. The standard InChI is InChI=1S/C30H35N3O3/c34-29(33-16-18-36-19-17-33)24-8-5-9-25(21-24)31-12-14-32(15-13-31)30(35)28-26-10-3-1-6-22(26)20-23-7-2-4-11-27(23)28/h1-4,6-7,10-11,20,24-25H,5,8-9,12-19,21H2. The van der Waals surface area contributed by atoms with E-state index in [-0.39, 0.29) is 11.8 Å². The van der Waals surface area contributed by atoms with Crippen LogP contribution >= 0.6 is 0 Å². The number of ether oxygens (including phenoxy) is 1. The number of fused-ring (bicyclic) bond motifs is 2. The highest BCUT2D eigenvalue weighted by Crippen LogP contribution is 2.32. The van der Waals surface area contributed by atoms with Crippen LogP contribution < -0.4 is 0 Å². The van der Waals surface area contributed by atoms with Gasteiger partial charge in [-0.2, -0.15) is 0 Å². The third kappa shape index (κ3) is 4.48. The molecule has 6 heteroatoms. The fraction of sp³-hybridized carbons (Fsp3) is 0.467. The molecule has 2 unspecified atom stereocenters. The molecule has 2 atom stereocenters. The third-order valence-electron chi connectivity index (χ3n) is 8.42. The van der Waals surface area contributed by atoms with Gasteiger partial charge in [0.25, 0.3) is 5.91 Å². The summed E-state index contributed by atoms with van der Waals surface area (Å²) < 4.78 is 5.43. The van der Waals surface area contributed by atoms with Crippen molar-refractivity contribution in [1.82, 2.24) is 14.7 Å². The van der Waals surface area contributed by atoms with Gasteiger partial charge in [0.05, 0.1) is 18.8 Å². The second-order valence-corrected chi connectivity index (χ2v) is 10.5. The number of nitrogens with zero attached hydrogens (tertiary/aromatic N) is 3. The predicted molar refractivity (Wildman–Crippen MR) is 142 cm³/mol. The lowest BCUT2D eigenvalue weighted by Crippen LogP contribution is -2.54. The van der Waals surface area contributed by atoms with Crippen molar-refractivity contribution in [3.8, 4) is 0 Å². The van der Waals surface area contributed by atoms with E-state index in [0.717, 1.165) is 92.1 Å². The second-order valence-electron chi connectivity index (χ2n) is 10.5. The first-order chi connectivity index (χ1) is 17.7. The second kappa shape index (κ2) is 10.2. The highest BCUT2D eigenvalue weighted by Gasteiger charge is 2.35. The van der Waals surface area contributed by atoms with Crippen LogP contribution in [-0.2, 0) is 9.53 Å². The molecule has 0 bridgehead atoms. The lowest BCUT2D eigenvalue weighted by atomic mass is 9.83. The van der Waals surface area contributed by atoms with Gasteiger partial charge in [-0.1, -0.05) is 55.0 Å². The van der Waals surface area contributed by atoms with Crippen LogP contribution in [0.4, 0.5) is 0 Å². The third-order valence-corrected chi connectivity index (χ3v) is 8.42. The van der Waals surface area contributed by atoms with Crippen LogP contribution in [-0.4, -0.2) is 85.0 Å². The number of carbonyl (C=O) groups excluding carboxylic acids is 2. The number of carbonyl (C=O) groups is 2. The van der Waals surface area contributed by atoms with E-state index >= 15 is 0 Å². The van der Waals surface area contributed by atoms with E-state index in [9.17, 15) is 9.59 Å². The molecule has 0 spiro atoms. The predicted octanol–water partition coefficient (Wildman–Crippen LogP) is 4.17. The molecule has 1 aliphatic carbocycles. The van der Waals surface area contributed by atoms with E-state index in [4.69, 9.17) is 4.74 Å². The van der Waals surface area contributed by atoms with Crippen molar-refractivity contribution in [3.05, 3.63) is 60.2 Å². The van der Waals surface area contributed by atoms with E-state index in [1.807, 2.05) is 34.1 Å². The molecule has 0 radical (unpaired) electrons. The van der Waals surface area contributed by atoms with Crippen molar-refractivity contribution in [2.75, 3.05) is 52.5 Å². The van der Waals surface area contributed by atoms with E-state index in [1.54, 1.807) is 0 Å². The van der Waals surface area contributed by atoms with Gasteiger partial charge in [-0.05, 0) is 46.9 Å². The quantitative estimate of drug-likeness (QED) is 0.523. The molecule has 6 rings (SSSR count). The summed E-state index contributed by atoms with van der Waals surface area (Å²) in [6.07, 6.45) is 4.19. The van der Waals surface area contributed by atoms with Crippen molar-refractivity contribution in [2.45, 2.75) is 31.7 Å². The molecule has 2 heterocycles. The van der Waals surface area contributed by atoms with Crippen LogP contribution in [0.5, 0.6) is 0 Å². The zero-order valence-corrected chi connectivity index (χ0v) is 20.9. The molecule has 2 aliphatic heterocycles. The van der Waals surface area contributed by atoms with Crippen molar-refractivity contribution < 1.29 is 14.3 Å². The van der Waals surface area contributed by atoms with E-state index < -0.39 is 0 Å². The molecule has 36 heavy (non-hydrogen) atoms. The fourth-order valence-electron chi connectivity index (χ4n) is 6.45. The number of piperazine rings is 1. The minimum Gasteiger partial charge on any atom is -0.378 e. The maximum atomic E-state index is 13.9. The molecular weight excluding hydrogens is 450 g/mol. The molecule has 3 fully saturated rings. The van der Waals surface area contributed by atoms with Crippen LogP contribution in [0.1, 0.15) is 36.0 Å². The summed E-state index contributed by atoms with van der Waals surface area (Å²) in [6.45, 7) is 5.97. The highest BCUT2D eigenvalue weighted by molar-refractivity contribution is 6.18. The van der Waals surface area contributed by atoms with Crippen molar-refractivity contribution >= 4 is 33.4 Å². The summed E-state index contributed by atoms with van der Waals surface area (Å²) in [4.78, 5) is 33.5. The first kappa shape index (κ1) is 23.4. The maximum Gasteiger partial charge on any atom is 0.255 e. The monoisotopic (exact) mass is 485 g/mol. The Hall–Kier alpha value is -2.96. The summed E-state index contributed by atoms with van der Waals surface area (Å²) >= 11 is 0. The van der Waals surface area contributed by atoms with Crippen molar-refractivity contribution in [3.63, 3.8) is 0 Å². The molecule has 1 saturated carbocycles. The summed E-state index contributed by atoms with van der Waals surface area (Å²) in [5.74, 6) is 0.579. The number of benzene rings is 3. The topological polar surface area (TPSA) is 53.1 Å². The average molecular weight is 486 g/mol. The van der Waals surface area contributed by atoms with E-state index in [0.29, 0.717) is 25.2 Å². The summed E-state index contributed by atoms with van der Waals surface area (Å²) in [6, 6.07) is 19.0. The van der Waals surface area contributed by atoms with Crippen LogP contribution in [0.2, 0.25) is 0 Å². The van der Waals surface area contributed by atoms with Crippen molar-refractivity contribution in [1.29, 1.82) is 0 Å². The van der Waals surface area contributed by atoms with Gasteiger partial charge in [0.15, 0.2) is 0 Å².